The molecule has 68 valence electrons. The van der Waals surface area contributed by atoms with Crippen LogP contribution in [0.4, 0.5) is 0 Å². The van der Waals surface area contributed by atoms with E-state index in [0.29, 0.717) is 5.92 Å². The molecule has 0 atom stereocenters. The third kappa shape index (κ3) is 1.20. The number of fused-ring (bicyclic) bond motifs is 1. The van der Waals surface area contributed by atoms with Crippen molar-refractivity contribution in [3.8, 4) is 0 Å². The molecule has 0 fully saturated rings. The van der Waals surface area contributed by atoms with Crippen LogP contribution in [0.2, 0.25) is 0 Å². The average molecular weight is 175 g/mol. The van der Waals surface area contributed by atoms with Crippen molar-refractivity contribution in [3.05, 3.63) is 29.8 Å². The molecule has 2 rings (SSSR count). The Morgan fingerprint density at radius 1 is 1.31 bits per heavy atom. The van der Waals surface area contributed by atoms with E-state index in [0.717, 1.165) is 11.5 Å². The van der Waals surface area contributed by atoms with Crippen molar-refractivity contribution in [1.29, 1.82) is 0 Å². The fraction of sp³-hybridized carbons (Fsp3) is 0.400. The highest BCUT2D eigenvalue weighted by atomic mass is 15.1. The molecule has 2 aromatic heterocycles. The molecule has 0 aliphatic rings. The van der Waals surface area contributed by atoms with Crippen molar-refractivity contribution >= 4 is 5.78 Å². The Morgan fingerprint density at radius 3 is 2.77 bits per heavy atom. The van der Waals surface area contributed by atoms with Crippen LogP contribution < -0.4 is 0 Å². The molecule has 3 heteroatoms. The Morgan fingerprint density at radius 2 is 2.08 bits per heavy atom. The highest BCUT2D eigenvalue weighted by Gasteiger charge is 2.07. The molecule has 0 radical (unpaired) electrons. The molecule has 0 bridgehead atoms. The lowest BCUT2D eigenvalue weighted by Crippen LogP contribution is -2.01. The van der Waals surface area contributed by atoms with Crippen molar-refractivity contribution < 1.29 is 0 Å². The smallest absolute Gasteiger partial charge is 0.234 e. The molecular weight excluding hydrogens is 162 g/mol. The van der Waals surface area contributed by atoms with Crippen LogP contribution in [0.1, 0.15) is 31.2 Å². The second kappa shape index (κ2) is 2.83. The standard InChI is InChI=1S/C10H13N3/c1-7(2)9-4-5-11-10-12-6-8(3)13(9)10/h4-7H,1-3H3. The number of hydrogen-bond donors (Lipinski definition) is 0. The van der Waals surface area contributed by atoms with Gasteiger partial charge in [0, 0.05) is 17.6 Å². The Labute approximate surface area is 77.4 Å². The summed E-state index contributed by atoms with van der Waals surface area (Å²) in [4.78, 5) is 8.41. The fourth-order valence-electron chi connectivity index (χ4n) is 1.54. The van der Waals surface area contributed by atoms with Gasteiger partial charge in [-0.3, -0.25) is 4.40 Å². The molecular formula is C10H13N3. The normalized spacial score (nSPS) is 11.4. The molecule has 0 unspecified atom stereocenters. The first-order valence-electron chi connectivity index (χ1n) is 4.49. The molecule has 0 aliphatic carbocycles. The van der Waals surface area contributed by atoms with E-state index in [1.54, 1.807) is 0 Å². The summed E-state index contributed by atoms with van der Waals surface area (Å²) in [5, 5.41) is 0. The SMILES string of the molecule is Cc1cnc2nccc(C(C)C)n12. The van der Waals surface area contributed by atoms with Crippen LogP contribution in [0.15, 0.2) is 18.5 Å². The Balaban J connectivity index is 2.80. The molecule has 0 spiro atoms. The fourth-order valence-corrected chi connectivity index (χ4v) is 1.54. The highest BCUT2D eigenvalue weighted by Crippen LogP contribution is 2.16. The van der Waals surface area contributed by atoms with E-state index in [4.69, 9.17) is 0 Å². The number of aryl methyl sites for hydroxylation is 1. The summed E-state index contributed by atoms with van der Waals surface area (Å²) in [5.74, 6) is 1.29. The van der Waals surface area contributed by atoms with Crippen molar-refractivity contribution in [1.82, 2.24) is 14.4 Å². The zero-order valence-electron chi connectivity index (χ0n) is 8.15. The third-order valence-corrected chi connectivity index (χ3v) is 2.20. The van der Waals surface area contributed by atoms with Gasteiger partial charge in [0.25, 0.3) is 0 Å². The van der Waals surface area contributed by atoms with E-state index in [-0.39, 0.29) is 0 Å². The lowest BCUT2D eigenvalue weighted by atomic mass is 10.1. The van der Waals surface area contributed by atoms with E-state index in [1.165, 1.54) is 5.69 Å². The van der Waals surface area contributed by atoms with E-state index >= 15 is 0 Å². The third-order valence-electron chi connectivity index (χ3n) is 2.20. The van der Waals surface area contributed by atoms with Crippen molar-refractivity contribution in [2.24, 2.45) is 0 Å². The van der Waals surface area contributed by atoms with Crippen LogP contribution >= 0.6 is 0 Å². The van der Waals surface area contributed by atoms with Crippen LogP contribution in [-0.4, -0.2) is 14.4 Å². The van der Waals surface area contributed by atoms with Gasteiger partial charge in [0.2, 0.25) is 5.78 Å². The van der Waals surface area contributed by atoms with E-state index < -0.39 is 0 Å². The lowest BCUT2D eigenvalue weighted by molar-refractivity contribution is 0.785. The maximum Gasteiger partial charge on any atom is 0.234 e. The predicted octanol–water partition coefficient (Wildman–Crippen LogP) is 2.16. The molecule has 13 heavy (non-hydrogen) atoms. The van der Waals surface area contributed by atoms with Crippen molar-refractivity contribution in [2.45, 2.75) is 26.7 Å². The van der Waals surface area contributed by atoms with Gasteiger partial charge in [-0.2, -0.15) is 0 Å². The summed E-state index contributed by atoms with van der Waals surface area (Å²) < 4.78 is 2.10. The van der Waals surface area contributed by atoms with Gasteiger partial charge in [-0.15, -0.1) is 0 Å². The van der Waals surface area contributed by atoms with Gasteiger partial charge in [-0.25, -0.2) is 9.97 Å². The molecule has 0 aliphatic heterocycles. The number of rotatable bonds is 1. The summed E-state index contributed by atoms with van der Waals surface area (Å²) in [6.07, 6.45) is 3.67. The molecule has 2 aromatic rings. The van der Waals surface area contributed by atoms with Gasteiger partial charge in [0.05, 0.1) is 6.20 Å². The van der Waals surface area contributed by atoms with Crippen molar-refractivity contribution in [2.75, 3.05) is 0 Å². The molecule has 0 N–H and O–H groups in total. The average Bonchev–Trinajstić information content (AvgIpc) is 2.48. The zero-order chi connectivity index (χ0) is 9.42. The van der Waals surface area contributed by atoms with Gasteiger partial charge in [-0.1, -0.05) is 13.8 Å². The van der Waals surface area contributed by atoms with Gasteiger partial charge < -0.3 is 0 Å². The first-order chi connectivity index (χ1) is 6.20. The van der Waals surface area contributed by atoms with Gasteiger partial charge in [-0.05, 0) is 18.9 Å². The second-order valence-corrected chi connectivity index (χ2v) is 3.56. The molecule has 0 amide bonds. The molecule has 0 aromatic carbocycles. The number of imidazole rings is 1. The number of nitrogens with zero attached hydrogens (tertiary/aromatic N) is 3. The number of hydrogen-bond acceptors (Lipinski definition) is 2. The summed E-state index contributed by atoms with van der Waals surface area (Å²) in [7, 11) is 0. The summed E-state index contributed by atoms with van der Waals surface area (Å²) >= 11 is 0. The molecule has 0 saturated carbocycles. The van der Waals surface area contributed by atoms with Crippen LogP contribution in [0.5, 0.6) is 0 Å². The van der Waals surface area contributed by atoms with E-state index in [1.807, 2.05) is 25.4 Å². The van der Waals surface area contributed by atoms with E-state index in [9.17, 15) is 0 Å². The predicted molar refractivity (Wildman–Crippen MR) is 51.8 cm³/mol. The van der Waals surface area contributed by atoms with Crippen LogP contribution in [0.25, 0.3) is 5.78 Å². The summed E-state index contributed by atoms with van der Waals surface area (Å²) in [6, 6.07) is 2.05. The minimum Gasteiger partial charge on any atom is -0.285 e. The maximum absolute atomic E-state index is 4.21. The lowest BCUT2D eigenvalue weighted by Gasteiger charge is -2.08. The first kappa shape index (κ1) is 8.23. The molecule has 0 saturated heterocycles. The second-order valence-electron chi connectivity index (χ2n) is 3.56. The Bertz CT molecular complexity index is 429. The molecule has 2 heterocycles. The highest BCUT2D eigenvalue weighted by molar-refractivity contribution is 5.34. The summed E-state index contributed by atoms with van der Waals surface area (Å²) in [6.45, 7) is 6.40. The van der Waals surface area contributed by atoms with Gasteiger partial charge >= 0.3 is 0 Å². The topological polar surface area (TPSA) is 30.2 Å². The number of aromatic nitrogens is 3. The Hall–Kier alpha value is -1.38. The maximum atomic E-state index is 4.21. The summed E-state index contributed by atoms with van der Waals surface area (Å²) in [5.41, 5.74) is 2.41. The Kier molecular flexibility index (Phi) is 1.79. The van der Waals surface area contributed by atoms with Crippen LogP contribution in [0.3, 0.4) is 0 Å². The van der Waals surface area contributed by atoms with Gasteiger partial charge in [0.15, 0.2) is 0 Å². The van der Waals surface area contributed by atoms with Crippen molar-refractivity contribution in [3.63, 3.8) is 0 Å². The quantitative estimate of drug-likeness (QED) is 0.664. The van der Waals surface area contributed by atoms with Gasteiger partial charge in [0.1, 0.15) is 0 Å². The monoisotopic (exact) mass is 175 g/mol. The minimum absolute atomic E-state index is 0.499. The minimum atomic E-state index is 0.499. The van der Waals surface area contributed by atoms with E-state index in [2.05, 4.69) is 28.2 Å². The van der Waals surface area contributed by atoms with Crippen LogP contribution in [0, 0.1) is 6.92 Å². The molecule has 3 nitrogen and oxygen atoms in total. The zero-order valence-corrected chi connectivity index (χ0v) is 8.15. The largest absolute Gasteiger partial charge is 0.285 e. The first-order valence-corrected chi connectivity index (χ1v) is 4.49. The van der Waals surface area contributed by atoms with Crippen LogP contribution in [-0.2, 0) is 0 Å².